The molecule has 112 valence electrons. The summed E-state index contributed by atoms with van der Waals surface area (Å²) in [6, 6.07) is 8.32. The summed E-state index contributed by atoms with van der Waals surface area (Å²) in [6.07, 6.45) is 0. The molecule has 0 radical (unpaired) electrons. The van der Waals surface area contributed by atoms with Crippen LogP contribution in [0.3, 0.4) is 0 Å². The van der Waals surface area contributed by atoms with Crippen molar-refractivity contribution in [2.45, 2.75) is 47.7 Å². The van der Waals surface area contributed by atoms with E-state index >= 15 is 0 Å². The van der Waals surface area contributed by atoms with Crippen LogP contribution >= 0.6 is 0 Å². The molecule has 0 amide bonds. The van der Waals surface area contributed by atoms with Crippen molar-refractivity contribution >= 4 is 0 Å². The van der Waals surface area contributed by atoms with E-state index in [-0.39, 0.29) is 5.82 Å². The molecule has 0 unspecified atom stereocenters. The molecule has 2 heteroatoms. The molecule has 0 atom stereocenters. The summed E-state index contributed by atoms with van der Waals surface area (Å²) in [7, 11) is 0. The molecule has 21 heavy (non-hydrogen) atoms. The van der Waals surface area contributed by atoms with E-state index in [1.165, 1.54) is 22.3 Å². The minimum absolute atomic E-state index is 0.0937. The topological polar surface area (TPSA) is 12.0 Å². The second kappa shape index (κ2) is 6.40. The summed E-state index contributed by atoms with van der Waals surface area (Å²) < 4.78 is 13.6. The lowest BCUT2D eigenvalue weighted by molar-refractivity contribution is 0.606. The van der Waals surface area contributed by atoms with E-state index in [0.29, 0.717) is 11.1 Å². The molecule has 1 N–H and O–H groups in total. The highest BCUT2D eigenvalue weighted by Crippen LogP contribution is 2.17. The molecular weight excluding hydrogens is 261 g/mol. The van der Waals surface area contributed by atoms with Crippen LogP contribution in [0.4, 0.5) is 4.39 Å². The molecule has 0 heterocycles. The van der Waals surface area contributed by atoms with Crippen LogP contribution in [0.1, 0.15) is 38.9 Å². The molecule has 2 aromatic carbocycles. The largest absolute Gasteiger partial charge is 0.309 e. The standard InChI is InChI=1S/C19H24FN/c1-12-6-14(3)18(9-13(12)2)11-21-10-17-7-15(4)19(20)16(5)8-17/h6-9,21H,10-11H2,1-5H3. The first kappa shape index (κ1) is 15.7. The van der Waals surface area contributed by atoms with Crippen molar-refractivity contribution in [1.29, 1.82) is 0 Å². The molecule has 0 bridgehead atoms. The van der Waals surface area contributed by atoms with Gasteiger partial charge in [-0.2, -0.15) is 0 Å². The molecule has 0 saturated carbocycles. The molecule has 0 aliphatic heterocycles. The lowest BCUT2D eigenvalue weighted by Crippen LogP contribution is -2.14. The third-order valence-corrected chi connectivity index (χ3v) is 4.09. The Morgan fingerprint density at radius 1 is 0.714 bits per heavy atom. The van der Waals surface area contributed by atoms with Crippen LogP contribution in [-0.2, 0) is 13.1 Å². The number of halogens is 1. The van der Waals surface area contributed by atoms with Crippen LogP contribution in [-0.4, -0.2) is 0 Å². The summed E-state index contributed by atoms with van der Waals surface area (Å²) >= 11 is 0. The van der Waals surface area contributed by atoms with Gasteiger partial charge in [-0.1, -0.05) is 24.3 Å². The zero-order valence-electron chi connectivity index (χ0n) is 13.6. The molecular formula is C19H24FN. The van der Waals surface area contributed by atoms with Crippen molar-refractivity contribution in [1.82, 2.24) is 5.32 Å². The SMILES string of the molecule is Cc1cc(C)c(CNCc2cc(C)c(F)c(C)c2)cc1C. The van der Waals surface area contributed by atoms with Gasteiger partial charge in [0.1, 0.15) is 5.82 Å². The molecule has 0 fully saturated rings. The average Bonchev–Trinajstić information content (AvgIpc) is 2.41. The van der Waals surface area contributed by atoms with E-state index in [1.807, 2.05) is 26.0 Å². The summed E-state index contributed by atoms with van der Waals surface area (Å²) in [6.45, 7) is 11.7. The van der Waals surface area contributed by atoms with Crippen molar-refractivity contribution in [2.24, 2.45) is 0 Å². The van der Waals surface area contributed by atoms with E-state index in [2.05, 4.69) is 38.2 Å². The van der Waals surface area contributed by atoms with Gasteiger partial charge in [0.15, 0.2) is 0 Å². The summed E-state index contributed by atoms with van der Waals surface area (Å²) in [5.74, 6) is -0.0937. The quantitative estimate of drug-likeness (QED) is 0.861. The van der Waals surface area contributed by atoms with Crippen LogP contribution in [0.25, 0.3) is 0 Å². The van der Waals surface area contributed by atoms with Crippen molar-refractivity contribution in [2.75, 3.05) is 0 Å². The lowest BCUT2D eigenvalue weighted by atomic mass is 10.0. The van der Waals surface area contributed by atoms with Gasteiger partial charge in [0.05, 0.1) is 0 Å². The number of benzene rings is 2. The van der Waals surface area contributed by atoms with E-state index in [4.69, 9.17) is 0 Å². The highest BCUT2D eigenvalue weighted by Gasteiger charge is 2.05. The molecule has 0 aromatic heterocycles. The Bertz CT molecular complexity index is 636. The number of hydrogen-bond acceptors (Lipinski definition) is 1. The van der Waals surface area contributed by atoms with E-state index in [9.17, 15) is 4.39 Å². The Hall–Kier alpha value is -1.67. The minimum atomic E-state index is -0.0937. The first-order valence-electron chi connectivity index (χ1n) is 7.41. The maximum absolute atomic E-state index is 13.6. The molecule has 1 nitrogen and oxygen atoms in total. The Kier molecular flexibility index (Phi) is 4.79. The number of aryl methyl sites for hydroxylation is 5. The Morgan fingerprint density at radius 3 is 1.90 bits per heavy atom. The fourth-order valence-corrected chi connectivity index (χ4v) is 2.69. The summed E-state index contributed by atoms with van der Waals surface area (Å²) in [4.78, 5) is 0. The fraction of sp³-hybridized carbons (Fsp3) is 0.368. The number of nitrogens with one attached hydrogen (secondary N) is 1. The van der Waals surface area contributed by atoms with Gasteiger partial charge in [0, 0.05) is 13.1 Å². The predicted molar refractivity (Wildman–Crippen MR) is 87.1 cm³/mol. The molecule has 0 aliphatic carbocycles. The van der Waals surface area contributed by atoms with Gasteiger partial charge < -0.3 is 5.32 Å². The van der Waals surface area contributed by atoms with Crippen LogP contribution < -0.4 is 5.32 Å². The van der Waals surface area contributed by atoms with E-state index in [1.54, 1.807) is 0 Å². The van der Waals surface area contributed by atoms with Gasteiger partial charge in [0.25, 0.3) is 0 Å². The third-order valence-electron chi connectivity index (χ3n) is 4.09. The zero-order valence-corrected chi connectivity index (χ0v) is 13.6. The maximum atomic E-state index is 13.6. The third kappa shape index (κ3) is 3.70. The van der Waals surface area contributed by atoms with Crippen molar-refractivity contribution in [3.05, 3.63) is 69.0 Å². The molecule has 0 spiro atoms. The first-order chi connectivity index (χ1) is 9.88. The normalized spacial score (nSPS) is 11.0. The van der Waals surface area contributed by atoms with Crippen LogP contribution in [0.15, 0.2) is 24.3 Å². The van der Waals surface area contributed by atoms with Crippen molar-refractivity contribution < 1.29 is 4.39 Å². The van der Waals surface area contributed by atoms with E-state index in [0.717, 1.165) is 18.7 Å². The number of rotatable bonds is 4. The highest BCUT2D eigenvalue weighted by atomic mass is 19.1. The second-order valence-corrected chi connectivity index (χ2v) is 6.01. The second-order valence-electron chi connectivity index (χ2n) is 6.01. The lowest BCUT2D eigenvalue weighted by Gasteiger charge is -2.12. The highest BCUT2D eigenvalue weighted by molar-refractivity contribution is 5.36. The average molecular weight is 285 g/mol. The molecule has 2 aromatic rings. The fourth-order valence-electron chi connectivity index (χ4n) is 2.69. The molecule has 2 rings (SSSR count). The number of hydrogen-bond donors (Lipinski definition) is 1. The molecule has 0 saturated heterocycles. The van der Waals surface area contributed by atoms with Gasteiger partial charge >= 0.3 is 0 Å². The van der Waals surface area contributed by atoms with Crippen LogP contribution in [0.2, 0.25) is 0 Å². The monoisotopic (exact) mass is 285 g/mol. The van der Waals surface area contributed by atoms with Crippen molar-refractivity contribution in [3.63, 3.8) is 0 Å². The molecule has 0 aliphatic rings. The Morgan fingerprint density at radius 2 is 1.29 bits per heavy atom. The van der Waals surface area contributed by atoms with Gasteiger partial charge in [0.2, 0.25) is 0 Å². The van der Waals surface area contributed by atoms with Crippen LogP contribution in [0, 0.1) is 40.4 Å². The zero-order chi connectivity index (χ0) is 15.6. The summed E-state index contributed by atoms with van der Waals surface area (Å²) in [5.41, 5.74) is 7.87. The first-order valence-corrected chi connectivity index (χ1v) is 7.41. The maximum Gasteiger partial charge on any atom is 0.129 e. The minimum Gasteiger partial charge on any atom is -0.309 e. The van der Waals surface area contributed by atoms with Gasteiger partial charge in [-0.15, -0.1) is 0 Å². The van der Waals surface area contributed by atoms with Gasteiger partial charge in [-0.25, -0.2) is 4.39 Å². The van der Waals surface area contributed by atoms with Crippen molar-refractivity contribution in [3.8, 4) is 0 Å². The Balaban J connectivity index is 2.03. The smallest absolute Gasteiger partial charge is 0.129 e. The van der Waals surface area contributed by atoms with Gasteiger partial charge in [-0.3, -0.25) is 0 Å². The summed E-state index contributed by atoms with van der Waals surface area (Å²) in [5, 5.41) is 3.46. The van der Waals surface area contributed by atoms with Gasteiger partial charge in [-0.05, 0) is 73.6 Å². The van der Waals surface area contributed by atoms with E-state index < -0.39 is 0 Å². The predicted octanol–water partition coefficient (Wildman–Crippen LogP) is 4.66. The van der Waals surface area contributed by atoms with Crippen LogP contribution in [0.5, 0.6) is 0 Å². The Labute approximate surface area is 127 Å².